The number of nitrogens with one attached hydrogen (secondary N) is 1. The number of hydrogen-bond donors (Lipinski definition) is 1. The van der Waals surface area contributed by atoms with E-state index in [0.717, 1.165) is 13.1 Å². The first-order valence-electron chi connectivity index (χ1n) is 5.83. The molecule has 0 aliphatic carbocycles. The van der Waals surface area contributed by atoms with Gasteiger partial charge in [-0.25, -0.2) is 0 Å². The first kappa shape index (κ1) is 13.7. The lowest BCUT2D eigenvalue weighted by Gasteiger charge is -2.19. The minimum absolute atomic E-state index is 1.04. The Balaban J connectivity index is 3.35. The maximum atomic E-state index is 3.79. The summed E-state index contributed by atoms with van der Waals surface area (Å²) in [6.45, 7) is 10.6. The van der Waals surface area contributed by atoms with Gasteiger partial charge < -0.3 is 5.32 Å². The average Bonchev–Trinajstić information content (AvgIpc) is 2.18. The molecule has 0 amide bonds. The van der Waals surface area contributed by atoms with Gasteiger partial charge >= 0.3 is 0 Å². The maximum Gasteiger partial charge on any atom is 0.0160 e. The Morgan fingerprint density at radius 1 is 1.21 bits per heavy atom. The molecule has 0 rings (SSSR count). The van der Waals surface area contributed by atoms with Crippen LogP contribution in [-0.4, -0.2) is 38.1 Å². The van der Waals surface area contributed by atoms with E-state index in [-0.39, 0.29) is 0 Å². The molecule has 0 heterocycles. The van der Waals surface area contributed by atoms with Gasteiger partial charge in [-0.2, -0.15) is 0 Å². The fourth-order valence-electron chi connectivity index (χ4n) is 1.61. The fraction of sp³-hybridized carbons (Fsp3) is 0.833. The largest absolute Gasteiger partial charge is 0.320 e. The summed E-state index contributed by atoms with van der Waals surface area (Å²) in [7, 11) is 2.01. The molecule has 0 aliphatic rings. The molecular formula is C12H26N2. The molecular weight excluding hydrogens is 172 g/mol. The molecule has 0 atom stereocenters. The second-order valence-corrected chi connectivity index (χ2v) is 3.75. The number of hydrogen-bond acceptors (Lipinski definition) is 2. The van der Waals surface area contributed by atoms with E-state index < -0.39 is 0 Å². The van der Waals surface area contributed by atoms with Crippen LogP contribution < -0.4 is 5.32 Å². The van der Waals surface area contributed by atoms with Gasteiger partial charge in [0.25, 0.3) is 0 Å². The van der Waals surface area contributed by atoms with Crippen LogP contribution in [0.2, 0.25) is 0 Å². The SMILES string of the molecule is C=CCN(CCC)CCCCCNC. The highest BCUT2D eigenvalue weighted by atomic mass is 15.1. The van der Waals surface area contributed by atoms with Crippen molar-refractivity contribution >= 4 is 0 Å². The van der Waals surface area contributed by atoms with Crippen molar-refractivity contribution in [1.82, 2.24) is 10.2 Å². The first-order valence-corrected chi connectivity index (χ1v) is 5.83. The summed E-state index contributed by atoms with van der Waals surface area (Å²) in [4.78, 5) is 2.48. The van der Waals surface area contributed by atoms with Gasteiger partial charge in [0, 0.05) is 6.54 Å². The molecule has 0 saturated heterocycles. The summed E-state index contributed by atoms with van der Waals surface area (Å²) in [5.74, 6) is 0. The minimum Gasteiger partial charge on any atom is -0.320 e. The lowest BCUT2D eigenvalue weighted by Crippen LogP contribution is -2.25. The highest BCUT2D eigenvalue weighted by Gasteiger charge is 2.00. The smallest absolute Gasteiger partial charge is 0.0160 e. The third-order valence-electron chi connectivity index (χ3n) is 2.33. The third kappa shape index (κ3) is 8.27. The van der Waals surface area contributed by atoms with Crippen LogP contribution in [0.25, 0.3) is 0 Å². The lowest BCUT2D eigenvalue weighted by molar-refractivity contribution is 0.295. The molecule has 0 unspecified atom stereocenters. The van der Waals surface area contributed by atoms with Crippen molar-refractivity contribution in [2.45, 2.75) is 32.6 Å². The van der Waals surface area contributed by atoms with Gasteiger partial charge in [-0.3, -0.25) is 4.90 Å². The fourth-order valence-corrected chi connectivity index (χ4v) is 1.61. The standard InChI is InChI=1S/C12H26N2/c1-4-10-14(11-5-2)12-8-6-7-9-13-3/h4,13H,1,5-12H2,2-3H3. The molecule has 2 heteroatoms. The molecule has 84 valence electrons. The summed E-state index contributed by atoms with van der Waals surface area (Å²) in [5, 5.41) is 3.18. The van der Waals surface area contributed by atoms with Crippen LogP contribution in [0.1, 0.15) is 32.6 Å². The van der Waals surface area contributed by atoms with Crippen LogP contribution in [0.15, 0.2) is 12.7 Å². The Kier molecular flexibility index (Phi) is 10.5. The minimum atomic E-state index is 1.04. The van der Waals surface area contributed by atoms with Crippen molar-refractivity contribution in [2.24, 2.45) is 0 Å². The molecule has 0 saturated carbocycles. The Morgan fingerprint density at radius 2 is 2.00 bits per heavy atom. The predicted molar refractivity (Wildman–Crippen MR) is 64.7 cm³/mol. The summed E-state index contributed by atoms with van der Waals surface area (Å²) >= 11 is 0. The van der Waals surface area contributed by atoms with Gasteiger partial charge in [0.05, 0.1) is 0 Å². The zero-order chi connectivity index (χ0) is 10.6. The molecule has 0 fully saturated rings. The van der Waals surface area contributed by atoms with Crippen molar-refractivity contribution in [3.05, 3.63) is 12.7 Å². The van der Waals surface area contributed by atoms with Crippen LogP contribution in [-0.2, 0) is 0 Å². The van der Waals surface area contributed by atoms with Crippen LogP contribution in [0.4, 0.5) is 0 Å². The first-order chi connectivity index (χ1) is 6.85. The monoisotopic (exact) mass is 198 g/mol. The van der Waals surface area contributed by atoms with E-state index in [0.29, 0.717) is 0 Å². The van der Waals surface area contributed by atoms with Crippen molar-refractivity contribution in [3.63, 3.8) is 0 Å². The Morgan fingerprint density at radius 3 is 2.57 bits per heavy atom. The van der Waals surface area contributed by atoms with E-state index in [4.69, 9.17) is 0 Å². The molecule has 0 aromatic heterocycles. The molecule has 0 aromatic carbocycles. The number of unbranched alkanes of at least 4 members (excludes halogenated alkanes) is 2. The highest BCUT2D eigenvalue weighted by Crippen LogP contribution is 1.99. The molecule has 2 nitrogen and oxygen atoms in total. The molecule has 0 aromatic rings. The second kappa shape index (κ2) is 10.7. The van der Waals surface area contributed by atoms with Gasteiger partial charge in [0.2, 0.25) is 0 Å². The van der Waals surface area contributed by atoms with Crippen molar-refractivity contribution in [1.29, 1.82) is 0 Å². The maximum absolute atomic E-state index is 3.79. The summed E-state index contributed by atoms with van der Waals surface area (Å²) in [5.41, 5.74) is 0. The van der Waals surface area contributed by atoms with Gasteiger partial charge in [-0.1, -0.05) is 19.4 Å². The zero-order valence-electron chi connectivity index (χ0n) is 9.89. The van der Waals surface area contributed by atoms with Gasteiger partial charge in [-0.05, 0) is 45.9 Å². The van der Waals surface area contributed by atoms with Crippen LogP contribution in [0.5, 0.6) is 0 Å². The second-order valence-electron chi connectivity index (χ2n) is 3.75. The normalized spacial score (nSPS) is 10.8. The van der Waals surface area contributed by atoms with Crippen molar-refractivity contribution < 1.29 is 0 Å². The van der Waals surface area contributed by atoms with E-state index in [1.165, 1.54) is 38.8 Å². The summed E-state index contributed by atoms with van der Waals surface area (Å²) in [6, 6.07) is 0. The summed E-state index contributed by atoms with van der Waals surface area (Å²) < 4.78 is 0. The van der Waals surface area contributed by atoms with E-state index >= 15 is 0 Å². The molecule has 1 N–H and O–H groups in total. The zero-order valence-corrected chi connectivity index (χ0v) is 9.89. The van der Waals surface area contributed by atoms with Crippen molar-refractivity contribution in [2.75, 3.05) is 33.2 Å². The average molecular weight is 198 g/mol. The van der Waals surface area contributed by atoms with E-state index in [1.807, 2.05) is 13.1 Å². The number of nitrogens with zero attached hydrogens (tertiary/aromatic N) is 1. The molecule has 0 aliphatic heterocycles. The van der Waals surface area contributed by atoms with E-state index in [1.54, 1.807) is 0 Å². The molecule has 0 radical (unpaired) electrons. The Hall–Kier alpha value is -0.340. The van der Waals surface area contributed by atoms with Crippen molar-refractivity contribution in [3.8, 4) is 0 Å². The van der Waals surface area contributed by atoms with Crippen LogP contribution in [0.3, 0.4) is 0 Å². The Labute approximate surface area is 89.4 Å². The van der Waals surface area contributed by atoms with Gasteiger partial charge in [0.1, 0.15) is 0 Å². The van der Waals surface area contributed by atoms with Crippen LogP contribution >= 0.6 is 0 Å². The van der Waals surface area contributed by atoms with Gasteiger partial charge in [0.15, 0.2) is 0 Å². The molecule has 0 spiro atoms. The predicted octanol–water partition coefficient (Wildman–Crippen LogP) is 2.27. The Bertz CT molecular complexity index is 123. The van der Waals surface area contributed by atoms with Crippen LogP contribution in [0, 0.1) is 0 Å². The highest BCUT2D eigenvalue weighted by molar-refractivity contribution is 4.73. The number of rotatable bonds is 10. The van der Waals surface area contributed by atoms with E-state index in [2.05, 4.69) is 23.7 Å². The molecule has 0 bridgehead atoms. The third-order valence-corrected chi connectivity index (χ3v) is 2.33. The molecule has 14 heavy (non-hydrogen) atoms. The topological polar surface area (TPSA) is 15.3 Å². The summed E-state index contributed by atoms with van der Waals surface area (Å²) in [6.07, 6.45) is 7.19. The van der Waals surface area contributed by atoms with Gasteiger partial charge in [-0.15, -0.1) is 6.58 Å². The van der Waals surface area contributed by atoms with E-state index in [9.17, 15) is 0 Å². The quantitative estimate of drug-likeness (QED) is 0.428. The lowest BCUT2D eigenvalue weighted by atomic mass is 10.2.